The standard InChI is InChI=1S/C10H11FO2/c1-6(2)10-8(12-7(3)4)5-9(11)13-10/h5H,1,3H2,2,4H3. The van der Waals surface area contributed by atoms with E-state index in [9.17, 15) is 4.39 Å². The van der Waals surface area contributed by atoms with Crippen molar-refractivity contribution in [2.45, 2.75) is 13.8 Å². The van der Waals surface area contributed by atoms with Crippen LogP contribution in [0.25, 0.3) is 5.57 Å². The van der Waals surface area contributed by atoms with Crippen LogP contribution >= 0.6 is 0 Å². The molecule has 0 atom stereocenters. The normalized spacial score (nSPS) is 9.77. The summed E-state index contributed by atoms with van der Waals surface area (Å²) in [7, 11) is 0. The lowest BCUT2D eigenvalue weighted by atomic mass is 10.2. The van der Waals surface area contributed by atoms with Crippen molar-refractivity contribution in [2.75, 3.05) is 0 Å². The van der Waals surface area contributed by atoms with E-state index in [-0.39, 0.29) is 0 Å². The molecule has 0 bridgehead atoms. The monoisotopic (exact) mass is 182 g/mol. The molecule has 0 saturated carbocycles. The van der Waals surface area contributed by atoms with Gasteiger partial charge in [-0.15, -0.1) is 0 Å². The van der Waals surface area contributed by atoms with E-state index in [1.54, 1.807) is 13.8 Å². The summed E-state index contributed by atoms with van der Waals surface area (Å²) < 4.78 is 22.6. The number of hydrogen-bond donors (Lipinski definition) is 0. The molecule has 0 radical (unpaired) electrons. The summed E-state index contributed by atoms with van der Waals surface area (Å²) in [6.07, 6.45) is 0. The molecule has 0 aromatic carbocycles. The second kappa shape index (κ2) is 3.47. The smallest absolute Gasteiger partial charge is 0.282 e. The van der Waals surface area contributed by atoms with Crippen molar-refractivity contribution in [3.05, 3.63) is 36.8 Å². The Morgan fingerprint density at radius 3 is 2.54 bits per heavy atom. The van der Waals surface area contributed by atoms with Gasteiger partial charge < -0.3 is 9.15 Å². The molecule has 0 fully saturated rings. The fraction of sp³-hybridized carbons (Fsp3) is 0.200. The average Bonchev–Trinajstić information content (AvgIpc) is 2.29. The Bertz CT molecular complexity index is 350. The van der Waals surface area contributed by atoms with E-state index in [0.717, 1.165) is 0 Å². The average molecular weight is 182 g/mol. The highest BCUT2D eigenvalue weighted by Gasteiger charge is 2.12. The summed E-state index contributed by atoms with van der Waals surface area (Å²) in [5, 5.41) is 0. The maximum Gasteiger partial charge on any atom is 0.282 e. The van der Waals surface area contributed by atoms with Gasteiger partial charge in [-0.05, 0) is 19.4 Å². The van der Waals surface area contributed by atoms with Crippen LogP contribution in [0, 0.1) is 6.01 Å². The largest absolute Gasteiger partial charge is 0.458 e. The molecule has 0 amide bonds. The van der Waals surface area contributed by atoms with Gasteiger partial charge in [0.05, 0.1) is 11.8 Å². The van der Waals surface area contributed by atoms with Crippen LogP contribution in [0.4, 0.5) is 4.39 Å². The van der Waals surface area contributed by atoms with E-state index in [2.05, 4.69) is 13.2 Å². The molecule has 1 rings (SSSR count). The first kappa shape index (κ1) is 9.58. The van der Waals surface area contributed by atoms with Gasteiger partial charge in [-0.1, -0.05) is 13.2 Å². The Morgan fingerprint density at radius 1 is 1.46 bits per heavy atom. The summed E-state index contributed by atoms with van der Waals surface area (Å²) in [5.74, 6) is 1.11. The quantitative estimate of drug-likeness (QED) is 0.669. The lowest BCUT2D eigenvalue weighted by molar-refractivity contribution is 0.348. The Labute approximate surface area is 76.3 Å². The second-order valence-electron chi connectivity index (χ2n) is 2.83. The van der Waals surface area contributed by atoms with Crippen molar-refractivity contribution < 1.29 is 13.5 Å². The third-order valence-corrected chi connectivity index (χ3v) is 1.34. The number of halogens is 1. The molecule has 0 spiro atoms. The number of hydrogen-bond acceptors (Lipinski definition) is 2. The third-order valence-electron chi connectivity index (χ3n) is 1.34. The molecule has 1 aromatic rings. The highest BCUT2D eigenvalue weighted by Crippen LogP contribution is 2.29. The van der Waals surface area contributed by atoms with Crippen LogP contribution in [0.1, 0.15) is 19.6 Å². The van der Waals surface area contributed by atoms with Gasteiger partial charge in [-0.2, -0.15) is 4.39 Å². The van der Waals surface area contributed by atoms with Gasteiger partial charge in [0.25, 0.3) is 6.01 Å². The minimum absolute atomic E-state index is 0.317. The molecule has 0 aliphatic carbocycles. The maximum atomic E-state index is 12.7. The maximum absolute atomic E-state index is 12.7. The van der Waals surface area contributed by atoms with Gasteiger partial charge >= 0.3 is 0 Å². The summed E-state index contributed by atoms with van der Waals surface area (Å²) in [6, 6.07) is 0.479. The summed E-state index contributed by atoms with van der Waals surface area (Å²) in [4.78, 5) is 0. The zero-order valence-electron chi connectivity index (χ0n) is 7.69. The van der Waals surface area contributed by atoms with Gasteiger partial charge in [0.15, 0.2) is 11.5 Å². The second-order valence-corrected chi connectivity index (χ2v) is 2.83. The minimum atomic E-state index is -0.686. The Morgan fingerprint density at radius 2 is 2.08 bits per heavy atom. The zero-order chi connectivity index (χ0) is 10.0. The molecule has 1 heterocycles. The van der Waals surface area contributed by atoms with Crippen molar-refractivity contribution >= 4 is 5.57 Å². The Kier molecular flexibility index (Phi) is 2.56. The fourth-order valence-electron chi connectivity index (χ4n) is 0.907. The summed E-state index contributed by atoms with van der Waals surface area (Å²) >= 11 is 0. The molecule has 0 aliphatic heterocycles. The van der Waals surface area contributed by atoms with Crippen molar-refractivity contribution in [2.24, 2.45) is 0 Å². The predicted octanol–water partition coefficient (Wildman–Crippen LogP) is 3.36. The predicted molar refractivity (Wildman–Crippen MR) is 48.8 cm³/mol. The van der Waals surface area contributed by atoms with Crippen LogP contribution < -0.4 is 4.74 Å². The molecule has 0 N–H and O–H groups in total. The van der Waals surface area contributed by atoms with Crippen molar-refractivity contribution in [3.8, 4) is 5.75 Å². The van der Waals surface area contributed by atoms with Crippen molar-refractivity contribution in [1.82, 2.24) is 0 Å². The molecule has 2 nitrogen and oxygen atoms in total. The molecule has 0 saturated heterocycles. The zero-order valence-corrected chi connectivity index (χ0v) is 7.69. The summed E-state index contributed by atoms with van der Waals surface area (Å²) in [5.41, 5.74) is 0.611. The van der Waals surface area contributed by atoms with Crippen molar-refractivity contribution in [1.29, 1.82) is 0 Å². The van der Waals surface area contributed by atoms with E-state index < -0.39 is 6.01 Å². The molecular weight excluding hydrogens is 171 g/mol. The van der Waals surface area contributed by atoms with Crippen LogP contribution in [-0.4, -0.2) is 0 Å². The Balaban J connectivity index is 3.04. The first-order chi connectivity index (χ1) is 6.00. The summed E-state index contributed by atoms with van der Waals surface area (Å²) in [6.45, 7) is 10.6. The van der Waals surface area contributed by atoms with E-state index in [0.29, 0.717) is 22.8 Å². The number of ether oxygens (including phenoxy) is 1. The highest BCUT2D eigenvalue weighted by molar-refractivity contribution is 5.62. The minimum Gasteiger partial charge on any atom is -0.458 e. The van der Waals surface area contributed by atoms with Gasteiger partial charge in [0, 0.05) is 0 Å². The highest BCUT2D eigenvalue weighted by atomic mass is 19.1. The lowest BCUT2D eigenvalue weighted by Gasteiger charge is -2.02. The van der Waals surface area contributed by atoms with Gasteiger partial charge in [-0.3, -0.25) is 0 Å². The first-order valence-electron chi connectivity index (χ1n) is 3.79. The van der Waals surface area contributed by atoms with Gasteiger partial charge in [-0.25, -0.2) is 0 Å². The van der Waals surface area contributed by atoms with Crippen LogP contribution in [0.3, 0.4) is 0 Å². The van der Waals surface area contributed by atoms with Gasteiger partial charge in [0.1, 0.15) is 0 Å². The molecule has 1 aromatic heterocycles. The fourth-order valence-corrected chi connectivity index (χ4v) is 0.907. The topological polar surface area (TPSA) is 22.4 Å². The molecule has 0 aliphatic rings. The molecule has 13 heavy (non-hydrogen) atoms. The van der Waals surface area contributed by atoms with Crippen LogP contribution in [0.5, 0.6) is 5.75 Å². The van der Waals surface area contributed by atoms with E-state index in [1.807, 2.05) is 0 Å². The van der Waals surface area contributed by atoms with Gasteiger partial charge in [0.2, 0.25) is 0 Å². The third kappa shape index (κ3) is 2.21. The molecule has 70 valence electrons. The molecular formula is C10H11FO2. The van der Waals surface area contributed by atoms with E-state index >= 15 is 0 Å². The lowest BCUT2D eigenvalue weighted by Crippen LogP contribution is -1.89. The van der Waals surface area contributed by atoms with Crippen LogP contribution in [0.2, 0.25) is 0 Å². The Hall–Kier alpha value is -1.51. The molecule has 3 heteroatoms. The number of furan rings is 1. The van der Waals surface area contributed by atoms with Crippen LogP contribution in [0.15, 0.2) is 29.4 Å². The van der Waals surface area contributed by atoms with Crippen molar-refractivity contribution in [3.63, 3.8) is 0 Å². The number of rotatable bonds is 3. The van der Waals surface area contributed by atoms with E-state index in [1.165, 1.54) is 6.07 Å². The number of allylic oxidation sites excluding steroid dienone is 2. The SMILES string of the molecule is C=C(C)Oc1cc(F)oc1C(=C)C. The first-order valence-corrected chi connectivity index (χ1v) is 3.79. The van der Waals surface area contributed by atoms with E-state index in [4.69, 9.17) is 9.15 Å². The molecule has 0 unspecified atom stereocenters. The van der Waals surface area contributed by atoms with Crippen LogP contribution in [-0.2, 0) is 0 Å².